The Kier molecular flexibility index (Phi) is 9.88. The van der Waals surface area contributed by atoms with Crippen molar-refractivity contribution in [2.24, 2.45) is 11.7 Å². The molecule has 0 saturated carbocycles. The minimum Gasteiger partial charge on any atom is -0.348 e. The number of halogens is 2. The summed E-state index contributed by atoms with van der Waals surface area (Å²) in [4.78, 5) is 23.7. The van der Waals surface area contributed by atoms with Gasteiger partial charge in [-0.15, -0.1) is 12.4 Å². The lowest BCUT2D eigenvalue weighted by molar-refractivity contribution is -0.127. The van der Waals surface area contributed by atoms with Crippen LogP contribution in [0.4, 0.5) is 0 Å². The van der Waals surface area contributed by atoms with Crippen LogP contribution in [0.25, 0.3) is 0 Å². The number of carbonyl (C=O) groups is 2. The lowest BCUT2D eigenvalue weighted by atomic mass is 10.0. The summed E-state index contributed by atoms with van der Waals surface area (Å²) >= 11 is 5.97. The third-order valence-electron chi connectivity index (χ3n) is 3.44. The summed E-state index contributed by atoms with van der Waals surface area (Å²) in [5.74, 6) is -0.546. The molecule has 0 aliphatic carbocycles. The molecule has 0 spiro atoms. The van der Waals surface area contributed by atoms with Gasteiger partial charge in [0.1, 0.15) is 0 Å². The Hall–Kier alpha value is -1.30. The number of rotatable bonds is 7. The van der Waals surface area contributed by atoms with Crippen molar-refractivity contribution in [3.05, 3.63) is 34.9 Å². The van der Waals surface area contributed by atoms with Crippen molar-refractivity contribution in [2.75, 3.05) is 6.54 Å². The van der Waals surface area contributed by atoms with Gasteiger partial charge in [-0.05, 0) is 30.0 Å². The Labute approximate surface area is 148 Å². The van der Waals surface area contributed by atoms with E-state index in [-0.39, 0.29) is 42.7 Å². The Balaban J connectivity index is 0.00000484. The van der Waals surface area contributed by atoms with Crippen LogP contribution in [0.3, 0.4) is 0 Å². The summed E-state index contributed by atoms with van der Waals surface area (Å²) in [7, 11) is 0. The molecule has 4 N–H and O–H groups in total. The van der Waals surface area contributed by atoms with Crippen molar-refractivity contribution >= 4 is 35.8 Å². The molecule has 1 unspecified atom stereocenters. The summed E-state index contributed by atoms with van der Waals surface area (Å²) in [6.07, 6.45) is 0.728. The molecule has 0 heterocycles. The molecule has 0 fully saturated rings. The third-order valence-corrected chi connectivity index (χ3v) is 3.67. The van der Waals surface area contributed by atoms with Crippen molar-refractivity contribution in [3.8, 4) is 0 Å². The smallest absolute Gasteiger partial charge is 0.239 e. The minimum absolute atomic E-state index is 0. The molecule has 0 aliphatic heterocycles. The SMILES string of the molecule is CCC(NC(=O)CNC(=O)[C@@H](N)C(C)C)c1cccc(Cl)c1.Cl. The summed E-state index contributed by atoms with van der Waals surface area (Å²) in [5.41, 5.74) is 6.66. The van der Waals surface area contributed by atoms with E-state index in [9.17, 15) is 9.59 Å². The Bertz CT molecular complexity index is 524. The molecule has 0 radical (unpaired) electrons. The lowest BCUT2D eigenvalue weighted by Gasteiger charge is -2.19. The fourth-order valence-electron chi connectivity index (χ4n) is 1.98. The average molecular weight is 362 g/mol. The summed E-state index contributed by atoms with van der Waals surface area (Å²) < 4.78 is 0. The van der Waals surface area contributed by atoms with Crippen LogP contribution >= 0.6 is 24.0 Å². The second-order valence-corrected chi connectivity index (χ2v) is 6.01. The monoisotopic (exact) mass is 361 g/mol. The summed E-state index contributed by atoms with van der Waals surface area (Å²) in [6.45, 7) is 5.60. The van der Waals surface area contributed by atoms with Gasteiger partial charge in [0, 0.05) is 5.02 Å². The fourth-order valence-corrected chi connectivity index (χ4v) is 2.18. The summed E-state index contributed by atoms with van der Waals surface area (Å²) in [6, 6.07) is 6.62. The van der Waals surface area contributed by atoms with Crippen LogP contribution in [0.2, 0.25) is 5.02 Å². The van der Waals surface area contributed by atoms with Crippen LogP contribution in [0.5, 0.6) is 0 Å². The quantitative estimate of drug-likeness (QED) is 0.697. The number of amides is 2. The first-order chi connectivity index (χ1) is 10.3. The maximum absolute atomic E-state index is 12.0. The molecular formula is C16H25Cl2N3O2. The molecular weight excluding hydrogens is 337 g/mol. The van der Waals surface area contributed by atoms with E-state index in [2.05, 4.69) is 10.6 Å². The van der Waals surface area contributed by atoms with Gasteiger partial charge in [-0.2, -0.15) is 0 Å². The Morgan fingerprint density at radius 2 is 1.96 bits per heavy atom. The second kappa shape index (κ2) is 10.5. The van der Waals surface area contributed by atoms with Gasteiger partial charge < -0.3 is 16.4 Å². The van der Waals surface area contributed by atoms with Gasteiger partial charge in [-0.25, -0.2) is 0 Å². The van der Waals surface area contributed by atoms with E-state index >= 15 is 0 Å². The zero-order valence-electron chi connectivity index (χ0n) is 13.6. The maximum atomic E-state index is 12.0. The van der Waals surface area contributed by atoms with Gasteiger partial charge in [-0.3, -0.25) is 9.59 Å². The summed E-state index contributed by atoms with van der Waals surface area (Å²) in [5, 5.41) is 6.06. The molecule has 1 aromatic rings. The molecule has 0 aliphatic rings. The first-order valence-corrected chi connectivity index (χ1v) is 7.81. The molecule has 1 rings (SSSR count). The number of hydrogen-bond acceptors (Lipinski definition) is 3. The van der Waals surface area contributed by atoms with E-state index in [0.717, 1.165) is 12.0 Å². The molecule has 2 amide bonds. The molecule has 23 heavy (non-hydrogen) atoms. The highest BCUT2D eigenvalue weighted by atomic mass is 35.5. The number of carbonyl (C=O) groups excluding carboxylic acids is 2. The second-order valence-electron chi connectivity index (χ2n) is 5.57. The number of nitrogens with two attached hydrogens (primary N) is 1. The van der Waals surface area contributed by atoms with E-state index in [1.807, 2.05) is 39.0 Å². The van der Waals surface area contributed by atoms with Crippen LogP contribution in [0.15, 0.2) is 24.3 Å². The molecule has 0 bridgehead atoms. The molecule has 0 aromatic heterocycles. The van der Waals surface area contributed by atoms with E-state index in [0.29, 0.717) is 5.02 Å². The van der Waals surface area contributed by atoms with Gasteiger partial charge in [-0.1, -0.05) is 44.5 Å². The van der Waals surface area contributed by atoms with E-state index in [1.54, 1.807) is 6.07 Å². The molecule has 1 aromatic carbocycles. The standard InChI is InChI=1S/C16H24ClN3O2.ClH/c1-4-13(11-6-5-7-12(17)8-11)20-14(21)9-19-16(22)15(18)10(2)3;/h5-8,10,13,15H,4,9,18H2,1-3H3,(H,19,22)(H,20,21);1H/t13?,15-;/m0./s1. The van der Waals surface area contributed by atoms with E-state index < -0.39 is 6.04 Å². The Morgan fingerprint density at radius 3 is 2.48 bits per heavy atom. The van der Waals surface area contributed by atoms with E-state index in [1.165, 1.54) is 0 Å². The third kappa shape index (κ3) is 7.20. The van der Waals surface area contributed by atoms with Gasteiger partial charge in [0.25, 0.3) is 0 Å². The number of benzene rings is 1. The van der Waals surface area contributed by atoms with Crippen molar-refractivity contribution < 1.29 is 9.59 Å². The van der Waals surface area contributed by atoms with Crippen LogP contribution in [0, 0.1) is 5.92 Å². The van der Waals surface area contributed by atoms with Crippen LogP contribution in [-0.2, 0) is 9.59 Å². The normalized spacial score (nSPS) is 13.0. The van der Waals surface area contributed by atoms with Crippen LogP contribution < -0.4 is 16.4 Å². The molecule has 2 atom stereocenters. The highest BCUT2D eigenvalue weighted by molar-refractivity contribution is 6.30. The average Bonchev–Trinajstić information content (AvgIpc) is 2.49. The van der Waals surface area contributed by atoms with Crippen LogP contribution in [0.1, 0.15) is 38.8 Å². The predicted molar refractivity (Wildman–Crippen MR) is 95.7 cm³/mol. The van der Waals surface area contributed by atoms with Gasteiger partial charge in [0.15, 0.2) is 0 Å². The van der Waals surface area contributed by atoms with Crippen molar-refractivity contribution in [1.29, 1.82) is 0 Å². The Morgan fingerprint density at radius 1 is 1.30 bits per heavy atom. The van der Waals surface area contributed by atoms with Crippen LogP contribution in [-0.4, -0.2) is 24.4 Å². The first-order valence-electron chi connectivity index (χ1n) is 7.43. The highest BCUT2D eigenvalue weighted by Gasteiger charge is 2.18. The minimum atomic E-state index is -0.609. The fraction of sp³-hybridized carbons (Fsp3) is 0.500. The zero-order valence-corrected chi connectivity index (χ0v) is 15.2. The first kappa shape index (κ1) is 21.7. The molecule has 130 valence electrons. The topological polar surface area (TPSA) is 84.2 Å². The van der Waals surface area contributed by atoms with Gasteiger partial charge in [0.05, 0.1) is 18.6 Å². The highest BCUT2D eigenvalue weighted by Crippen LogP contribution is 2.20. The largest absolute Gasteiger partial charge is 0.348 e. The maximum Gasteiger partial charge on any atom is 0.239 e. The van der Waals surface area contributed by atoms with E-state index in [4.69, 9.17) is 17.3 Å². The zero-order chi connectivity index (χ0) is 16.7. The molecule has 5 nitrogen and oxygen atoms in total. The number of nitrogens with one attached hydrogen (secondary N) is 2. The predicted octanol–water partition coefficient (Wildman–Crippen LogP) is 2.43. The van der Waals surface area contributed by atoms with Crippen molar-refractivity contribution in [1.82, 2.24) is 10.6 Å². The molecule has 0 saturated heterocycles. The van der Waals surface area contributed by atoms with Gasteiger partial charge >= 0.3 is 0 Å². The molecule has 7 heteroatoms. The number of hydrogen-bond donors (Lipinski definition) is 3. The van der Waals surface area contributed by atoms with Gasteiger partial charge in [0.2, 0.25) is 11.8 Å². The lowest BCUT2D eigenvalue weighted by Crippen LogP contribution is -2.47. The van der Waals surface area contributed by atoms with Crippen molar-refractivity contribution in [2.45, 2.75) is 39.3 Å². The van der Waals surface area contributed by atoms with Crippen molar-refractivity contribution in [3.63, 3.8) is 0 Å².